The lowest BCUT2D eigenvalue weighted by Crippen LogP contribution is -2.34. The fraction of sp³-hybridized carbons (Fsp3) is 0.304. The van der Waals surface area contributed by atoms with E-state index in [4.69, 9.17) is 11.6 Å². The van der Waals surface area contributed by atoms with Crippen LogP contribution in [0, 0.1) is 5.92 Å². The summed E-state index contributed by atoms with van der Waals surface area (Å²) < 4.78 is 0. The van der Waals surface area contributed by atoms with Crippen LogP contribution in [0.25, 0.3) is 22.5 Å². The minimum atomic E-state index is -0.152. The molecule has 2 aromatic heterocycles. The van der Waals surface area contributed by atoms with E-state index in [1.165, 1.54) is 6.07 Å². The molecule has 8 heteroatoms. The molecule has 0 spiro atoms. The summed E-state index contributed by atoms with van der Waals surface area (Å²) in [5.74, 6) is 0.710. The highest BCUT2D eigenvalue weighted by Crippen LogP contribution is 2.30. The number of carbonyl (C=O) groups is 1. The summed E-state index contributed by atoms with van der Waals surface area (Å²) >= 11 is 6.41. The molecule has 1 saturated carbocycles. The van der Waals surface area contributed by atoms with Crippen molar-refractivity contribution in [2.45, 2.75) is 31.7 Å². The lowest BCUT2D eigenvalue weighted by atomic mass is 9.85. The molecule has 1 aliphatic rings. The number of aromatic amines is 1. The molecule has 1 aromatic carbocycles. The van der Waals surface area contributed by atoms with Crippen molar-refractivity contribution in [3.8, 4) is 22.5 Å². The number of hydrogen-bond donors (Lipinski definition) is 3. The maximum absolute atomic E-state index is 11.8. The number of nitrogens with zero attached hydrogens (tertiary/aromatic N) is 2. The normalized spacial score (nSPS) is 18.4. The van der Waals surface area contributed by atoms with E-state index in [0.717, 1.165) is 42.5 Å². The molecule has 0 aliphatic heterocycles. The number of aromatic nitrogens is 3. The second-order valence-corrected chi connectivity index (χ2v) is 8.11. The molecule has 31 heavy (non-hydrogen) atoms. The van der Waals surface area contributed by atoms with Crippen molar-refractivity contribution in [2.24, 2.45) is 5.92 Å². The molecule has 0 unspecified atom stereocenters. The van der Waals surface area contributed by atoms with E-state index < -0.39 is 0 Å². The Balaban J connectivity index is 1.53. The van der Waals surface area contributed by atoms with E-state index in [-0.39, 0.29) is 23.4 Å². The van der Waals surface area contributed by atoms with Crippen molar-refractivity contribution in [1.29, 1.82) is 0 Å². The number of rotatable bonds is 5. The largest absolute Gasteiger partial charge is 0.359 e. The summed E-state index contributed by atoms with van der Waals surface area (Å²) in [6, 6.07) is 13.0. The third-order valence-electron chi connectivity index (χ3n) is 5.64. The average molecular weight is 438 g/mol. The maximum Gasteiger partial charge on any atom is 0.248 e. The molecule has 2 heterocycles. The number of amides is 1. The Bertz CT molecular complexity index is 1140. The Morgan fingerprint density at radius 1 is 1.10 bits per heavy atom. The molecule has 3 N–H and O–H groups in total. The van der Waals surface area contributed by atoms with E-state index in [9.17, 15) is 9.59 Å². The molecular formula is C23H24ClN5O2. The van der Waals surface area contributed by atoms with Crippen LogP contribution in [0.2, 0.25) is 5.02 Å². The average Bonchev–Trinajstić information content (AvgIpc) is 2.80. The summed E-state index contributed by atoms with van der Waals surface area (Å²) in [5.41, 5.74) is 2.90. The topological polar surface area (TPSA) is 99.8 Å². The van der Waals surface area contributed by atoms with Crippen LogP contribution in [0.1, 0.15) is 25.7 Å². The zero-order valence-electron chi connectivity index (χ0n) is 17.2. The second kappa shape index (κ2) is 9.31. The van der Waals surface area contributed by atoms with E-state index in [0.29, 0.717) is 16.7 Å². The van der Waals surface area contributed by atoms with Gasteiger partial charge in [0, 0.05) is 36.3 Å². The van der Waals surface area contributed by atoms with Crippen LogP contribution in [-0.4, -0.2) is 33.9 Å². The third kappa shape index (κ3) is 4.94. The number of halogens is 1. The Kier molecular flexibility index (Phi) is 6.32. The minimum Gasteiger partial charge on any atom is -0.359 e. The number of hydrogen-bond acceptors (Lipinski definition) is 5. The first-order valence-corrected chi connectivity index (χ1v) is 10.7. The van der Waals surface area contributed by atoms with Gasteiger partial charge in [-0.15, -0.1) is 0 Å². The van der Waals surface area contributed by atoms with E-state index in [2.05, 4.69) is 25.6 Å². The van der Waals surface area contributed by atoms with Crippen LogP contribution in [0.3, 0.4) is 0 Å². The number of H-pyrrole nitrogens is 1. The summed E-state index contributed by atoms with van der Waals surface area (Å²) in [6.45, 7) is 0. The number of pyridine rings is 1. The lowest BCUT2D eigenvalue weighted by molar-refractivity contribution is -0.125. The first-order valence-electron chi connectivity index (χ1n) is 10.3. The molecule has 1 fully saturated rings. The van der Waals surface area contributed by atoms with Crippen molar-refractivity contribution in [3.63, 3.8) is 0 Å². The van der Waals surface area contributed by atoms with Crippen LogP contribution in [0.15, 0.2) is 53.5 Å². The van der Waals surface area contributed by atoms with Crippen molar-refractivity contribution in [2.75, 3.05) is 12.4 Å². The van der Waals surface area contributed by atoms with Gasteiger partial charge in [-0.05, 0) is 43.4 Å². The van der Waals surface area contributed by atoms with E-state index in [1.807, 2.05) is 30.3 Å². The molecule has 0 radical (unpaired) electrons. The van der Waals surface area contributed by atoms with E-state index in [1.54, 1.807) is 19.3 Å². The summed E-state index contributed by atoms with van der Waals surface area (Å²) in [6.07, 6.45) is 5.05. The number of carbonyl (C=O) groups excluding carboxylic acids is 1. The van der Waals surface area contributed by atoms with Gasteiger partial charge in [0.05, 0.1) is 16.9 Å². The predicted octanol–water partition coefficient (Wildman–Crippen LogP) is 3.87. The van der Waals surface area contributed by atoms with Gasteiger partial charge in [0.1, 0.15) is 0 Å². The SMILES string of the molecule is CNC(=O)C1CCC(Nc2ncc(Cl)c(-c3cccc(-c4cccc(=O)[nH]4)c3)n2)CC1. The molecule has 4 rings (SSSR count). The molecule has 1 aliphatic carbocycles. The minimum absolute atomic E-state index is 0.0805. The van der Waals surface area contributed by atoms with Crippen LogP contribution in [-0.2, 0) is 4.79 Å². The quantitative estimate of drug-likeness (QED) is 0.562. The van der Waals surface area contributed by atoms with E-state index >= 15 is 0 Å². The van der Waals surface area contributed by atoms with Crippen molar-refractivity contribution < 1.29 is 4.79 Å². The van der Waals surface area contributed by atoms with Gasteiger partial charge in [0.25, 0.3) is 0 Å². The van der Waals surface area contributed by atoms with Crippen molar-refractivity contribution in [3.05, 3.63) is 64.0 Å². The third-order valence-corrected chi connectivity index (χ3v) is 5.91. The zero-order chi connectivity index (χ0) is 21.8. The van der Waals surface area contributed by atoms with Gasteiger partial charge < -0.3 is 15.6 Å². The van der Waals surface area contributed by atoms with Crippen molar-refractivity contribution in [1.82, 2.24) is 20.3 Å². The standard InChI is InChI=1S/C23H24ClN5O2/c1-25-22(31)14-8-10-17(11-9-14)27-23-26-13-18(24)21(29-23)16-5-2-4-15(12-16)19-6-3-7-20(30)28-19/h2-7,12-14,17H,8-11H2,1H3,(H,25,31)(H,28,30)(H,26,27,29). The first-order chi connectivity index (χ1) is 15.0. The summed E-state index contributed by atoms with van der Waals surface area (Å²) in [4.78, 5) is 35.3. The molecule has 1 amide bonds. The Morgan fingerprint density at radius 2 is 1.84 bits per heavy atom. The molecule has 7 nitrogen and oxygen atoms in total. The molecule has 0 saturated heterocycles. The second-order valence-electron chi connectivity index (χ2n) is 7.71. The summed E-state index contributed by atoms with van der Waals surface area (Å²) in [5, 5.41) is 6.57. The van der Waals surface area contributed by atoms with Gasteiger partial charge in [0.15, 0.2) is 0 Å². The molecule has 0 bridgehead atoms. The number of nitrogens with one attached hydrogen (secondary N) is 3. The van der Waals surface area contributed by atoms with Gasteiger partial charge in [-0.3, -0.25) is 9.59 Å². The number of anilines is 1. The maximum atomic E-state index is 11.8. The van der Waals surface area contributed by atoms with Crippen LogP contribution in [0.5, 0.6) is 0 Å². The van der Waals surface area contributed by atoms with Gasteiger partial charge in [-0.2, -0.15) is 0 Å². The highest BCUT2D eigenvalue weighted by Gasteiger charge is 2.26. The summed E-state index contributed by atoms with van der Waals surface area (Å²) in [7, 11) is 1.68. The molecular weight excluding hydrogens is 414 g/mol. The van der Waals surface area contributed by atoms with Crippen LogP contribution >= 0.6 is 11.6 Å². The fourth-order valence-corrected chi connectivity index (χ4v) is 4.18. The van der Waals surface area contributed by atoms with Gasteiger partial charge in [-0.25, -0.2) is 9.97 Å². The Hall–Kier alpha value is -3.19. The monoisotopic (exact) mass is 437 g/mol. The van der Waals surface area contributed by atoms with Gasteiger partial charge in [0.2, 0.25) is 17.4 Å². The number of benzene rings is 1. The van der Waals surface area contributed by atoms with Crippen LogP contribution in [0.4, 0.5) is 5.95 Å². The first kappa shape index (κ1) is 21.1. The Morgan fingerprint density at radius 3 is 2.58 bits per heavy atom. The lowest BCUT2D eigenvalue weighted by Gasteiger charge is -2.28. The zero-order valence-corrected chi connectivity index (χ0v) is 17.9. The molecule has 0 atom stereocenters. The van der Waals surface area contributed by atoms with Gasteiger partial charge in [-0.1, -0.05) is 35.9 Å². The Labute approximate surface area is 185 Å². The highest BCUT2D eigenvalue weighted by molar-refractivity contribution is 6.32. The van der Waals surface area contributed by atoms with Gasteiger partial charge >= 0.3 is 0 Å². The molecule has 160 valence electrons. The highest BCUT2D eigenvalue weighted by atomic mass is 35.5. The molecule has 3 aromatic rings. The van der Waals surface area contributed by atoms with Crippen molar-refractivity contribution >= 4 is 23.5 Å². The smallest absolute Gasteiger partial charge is 0.248 e. The van der Waals surface area contributed by atoms with Crippen LogP contribution < -0.4 is 16.2 Å². The predicted molar refractivity (Wildman–Crippen MR) is 122 cm³/mol. The fourth-order valence-electron chi connectivity index (χ4n) is 3.98.